The van der Waals surface area contributed by atoms with E-state index in [1.165, 1.54) is 0 Å². The Balaban J connectivity index is 2.53. The van der Waals surface area contributed by atoms with Crippen LogP contribution in [0.25, 0.3) is 11.1 Å². The van der Waals surface area contributed by atoms with Crippen LogP contribution in [0.15, 0.2) is 36.5 Å². The third-order valence-corrected chi connectivity index (χ3v) is 2.05. The molecule has 15 heavy (non-hydrogen) atoms. The number of methoxy groups -OCH3 is 1. The lowest BCUT2D eigenvalue weighted by molar-refractivity contribution is 0.400. The molecule has 2 rings (SSSR count). The first kappa shape index (κ1) is 9.71. The van der Waals surface area contributed by atoms with Gasteiger partial charge in [0.15, 0.2) is 7.85 Å². The summed E-state index contributed by atoms with van der Waals surface area (Å²) in [5, 5.41) is 0. The van der Waals surface area contributed by atoms with Crippen molar-refractivity contribution in [2.24, 2.45) is 0 Å². The normalized spacial score (nSPS) is 9.93. The van der Waals surface area contributed by atoms with Gasteiger partial charge in [0.1, 0.15) is 0 Å². The molecule has 1 heterocycles. The summed E-state index contributed by atoms with van der Waals surface area (Å²) in [5.74, 6) is 0.494. The van der Waals surface area contributed by atoms with Gasteiger partial charge in [-0.3, -0.25) is 4.98 Å². The molecule has 0 unspecified atom stereocenters. The molecule has 0 bridgehead atoms. The molecule has 0 spiro atoms. The highest BCUT2D eigenvalue weighted by Crippen LogP contribution is 2.25. The monoisotopic (exact) mass is 196 g/mol. The second-order valence-corrected chi connectivity index (χ2v) is 3.02. The topological polar surface area (TPSA) is 35.0 Å². The van der Waals surface area contributed by atoms with Gasteiger partial charge in [0, 0.05) is 6.20 Å². The average Bonchev–Trinajstić information content (AvgIpc) is 2.30. The molecule has 0 saturated heterocycles. The third kappa shape index (κ3) is 1.98. The highest BCUT2D eigenvalue weighted by Gasteiger charge is 2.06. The van der Waals surface area contributed by atoms with Gasteiger partial charge in [-0.15, -0.1) is 0 Å². The van der Waals surface area contributed by atoms with Crippen LogP contribution in [-0.4, -0.2) is 24.9 Å². The first-order valence-corrected chi connectivity index (χ1v) is 4.53. The fourth-order valence-electron chi connectivity index (χ4n) is 1.35. The van der Waals surface area contributed by atoms with Crippen molar-refractivity contribution in [3.05, 3.63) is 36.5 Å². The van der Waals surface area contributed by atoms with Gasteiger partial charge >= 0.3 is 0 Å². The maximum Gasteiger partial charge on any atom is 0.223 e. The van der Waals surface area contributed by atoms with E-state index in [0.717, 1.165) is 11.1 Å². The zero-order chi connectivity index (χ0) is 10.7. The van der Waals surface area contributed by atoms with Gasteiger partial charge in [-0.05, 0) is 5.56 Å². The summed E-state index contributed by atoms with van der Waals surface area (Å²) < 4.78 is 5.15. The molecule has 1 aromatic carbocycles. The van der Waals surface area contributed by atoms with Crippen molar-refractivity contribution in [1.82, 2.24) is 9.97 Å². The molecule has 0 aliphatic heterocycles. The van der Waals surface area contributed by atoms with Crippen LogP contribution in [0.1, 0.15) is 0 Å². The standard InChI is InChI=1S/C11H9BN2O/c1-15-10-9(7-13-11(12)14-10)8-5-3-2-4-6-8/h2-7H,1H3. The second kappa shape index (κ2) is 4.13. The predicted molar refractivity (Wildman–Crippen MR) is 59.4 cm³/mol. The molecule has 0 amide bonds. The van der Waals surface area contributed by atoms with Crippen molar-refractivity contribution in [2.75, 3.05) is 7.11 Å². The Hall–Kier alpha value is -1.84. The number of benzene rings is 1. The van der Waals surface area contributed by atoms with E-state index in [4.69, 9.17) is 12.6 Å². The lowest BCUT2D eigenvalue weighted by Gasteiger charge is -2.07. The fourth-order valence-corrected chi connectivity index (χ4v) is 1.35. The Morgan fingerprint density at radius 2 is 1.93 bits per heavy atom. The molecular formula is C11H9BN2O. The minimum absolute atomic E-state index is 0.214. The zero-order valence-corrected chi connectivity index (χ0v) is 8.34. The highest BCUT2D eigenvalue weighted by molar-refractivity contribution is 6.29. The van der Waals surface area contributed by atoms with Gasteiger partial charge in [-0.1, -0.05) is 30.3 Å². The van der Waals surface area contributed by atoms with E-state index in [9.17, 15) is 0 Å². The van der Waals surface area contributed by atoms with Gasteiger partial charge in [-0.2, -0.15) is 0 Å². The zero-order valence-electron chi connectivity index (χ0n) is 8.34. The SMILES string of the molecule is [B]c1ncc(-c2ccccc2)c(OC)n1. The lowest BCUT2D eigenvalue weighted by atomic mass is 10.1. The summed E-state index contributed by atoms with van der Waals surface area (Å²) in [6, 6.07) is 9.79. The molecular weight excluding hydrogens is 187 g/mol. The van der Waals surface area contributed by atoms with Gasteiger partial charge in [0.25, 0.3) is 0 Å². The summed E-state index contributed by atoms with van der Waals surface area (Å²) in [6.07, 6.45) is 1.66. The minimum atomic E-state index is 0.214. The summed E-state index contributed by atoms with van der Waals surface area (Å²) in [4.78, 5) is 7.96. The molecule has 0 saturated carbocycles. The number of rotatable bonds is 2. The molecule has 0 atom stereocenters. The quantitative estimate of drug-likeness (QED) is 0.670. The third-order valence-electron chi connectivity index (χ3n) is 2.05. The molecule has 0 aliphatic carbocycles. The second-order valence-electron chi connectivity index (χ2n) is 3.02. The summed E-state index contributed by atoms with van der Waals surface area (Å²) in [7, 11) is 7.04. The van der Waals surface area contributed by atoms with Gasteiger partial charge < -0.3 is 4.74 Å². The van der Waals surface area contributed by atoms with Crippen molar-refractivity contribution in [1.29, 1.82) is 0 Å². The fraction of sp³-hybridized carbons (Fsp3) is 0.0909. The highest BCUT2D eigenvalue weighted by atomic mass is 16.5. The van der Waals surface area contributed by atoms with Crippen LogP contribution in [0.4, 0.5) is 0 Å². The minimum Gasteiger partial charge on any atom is -0.480 e. The summed E-state index contributed by atoms with van der Waals surface area (Å²) >= 11 is 0. The first-order valence-electron chi connectivity index (χ1n) is 4.53. The Morgan fingerprint density at radius 1 is 1.20 bits per heavy atom. The van der Waals surface area contributed by atoms with Crippen LogP contribution in [0, 0.1) is 0 Å². The number of aromatic nitrogens is 2. The summed E-state index contributed by atoms with van der Waals surface area (Å²) in [5.41, 5.74) is 2.06. The van der Waals surface area contributed by atoms with Crippen molar-refractivity contribution in [2.45, 2.75) is 0 Å². The molecule has 2 aromatic rings. The van der Waals surface area contributed by atoms with Crippen molar-refractivity contribution in [3.8, 4) is 17.0 Å². The van der Waals surface area contributed by atoms with E-state index in [-0.39, 0.29) is 5.72 Å². The van der Waals surface area contributed by atoms with Crippen LogP contribution >= 0.6 is 0 Å². The Bertz CT molecular complexity index is 459. The van der Waals surface area contributed by atoms with Gasteiger partial charge in [0.05, 0.1) is 18.4 Å². The average molecular weight is 196 g/mol. The molecule has 0 fully saturated rings. The molecule has 4 heteroatoms. The maximum absolute atomic E-state index is 5.48. The lowest BCUT2D eigenvalue weighted by Crippen LogP contribution is -2.14. The Kier molecular flexibility index (Phi) is 2.67. The number of hydrogen-bond acceptors (Lipinski definition) is 3. The van der Waals surface area contributed by atoms with Crippen molar-refractivity contribution < 1.29 is 4.74 Å². The Labute approximate surface area is 89.6 Å². The first-order chi connectivity index (χ1) is 7.31. The molecule has 3 nitrogen and oxygen atoms in total. The number of nitrogens with zero attached hydrogens (tertiary/aromatic N) is 2. The van der Waals surface area contributed by atoms with E-state index in [1.54, 1.807) is 13.3 Å². The van der Waals surface area contributed by atoms with Crippen molar-refractivity contribution >= 4 is 13.6 Å². The van der Waals surface area contributed by atoms with E-state index in [0.29, 0.717) is 5.88 Å². The molecule has 72 valence electrons. The molecule has 0 aliphatic rings. The maximum atomic E-state index is 5.48. The van der Waals surface area contributed by atoms with Crippen LogP contribution in [0.2, 0.25) is 0 Å². The summed E-state index contributed by atoms with van der Waals surface area (Å²) in [6.45, 7) is 0. The largest absolute Gasteiger partial charge is 0.480 e. The van der Waals surface area contributed by atoms with Gasteiger partial charge in [-0.25, -0.2) is 4.98 Å². The van der Waals surface area contributed by atoms with E-state index in [1.807, 2.05) is 30.3 Å². The van der Waals surface area contributed by atoms with Gasteiger partial charge in [0.2, 0.25) is 5.88 Å². The predicted octanol–water partition coefficient (Wildman–Crippen LogP) is 0.946. The van der Waals surface area contributed by atoms with Crippen LogP contribution in [0.3, 0.4) is 0 Å². The number of ether oxygens (including phenoxy) is 1. The van der Waals surface area contributed by atoms with E-state index in [2.05, 4.69) is 9.97 Å². The van der Waals surface area contributed by atoms with Crippen LogP contribution in [-0.2, 0) is 0 Å². The van der Waals surface area contributed by atoms with E-state index >= 15 is 0 Å². The van der Waals surface area contributed by atoms with Crippen molar-refractivity contribution in [3.63, 3.8) is 0 Å². The van der Waals surface area contributed by atoms with E-state index < -0.39 is 0 Å². The molecule has 0 N–H and O–H groups in total. The molecule has 2 radical (unpaired) electrons. The van der Waals surface area contributed by atoms with Crippen LogP contribution in [0.5, 0.6) is 5.88 Å². The Morgan fingerprint density at radius 3 is 2.60 bits per heavy atom. The smallest absolute Gasteiger partial charge is 0.223 e. The molecule has 1 aromatic heterocycles. The van der Waals surface area contributed by atoms with Crippen LogP contribution < -0.4 is 10.5 Å². The number of hydrogen-bond donors (Lipinski definition) is 0.